The Morgan fingerprint density at radius 2 is 1.89 bits per heavy atom. The molecule has 1 atom stereocenters. The Morgan fingerprint density at radius 1 is 1.11 bits per heavy atom. The number of nitrogens with zero attached hydrogens (tertiary/aromatic N) is 2. The van der Waals surface area contributed by atoms with Crippen LogP contribution in [-0.4, -0.2) is 45.5 Å². The van der Waals surface area contributed by atoms with Gasteiger partial charge in [-0.25, -0.2) is 0 Å². The Bertz CT molecular complexity index is 819. The molecular weight excluding hydrogens is 356 g/mol. The summed E-state index contributed by atoms with van der Waals surface area (Å²) < 4.78 is 2.54. The summed E-state index contributed by atoms with van der Waals surface area (Å²) in [6.45, 7) is 1.94. The third-order valence-electron chi connectivity index (χ3n) is 6.02. The van der Waals surface area contributed by atoms with Gasteiger partial charge in [0.2, 0.25) is 0 Å². The summed E-state index contributed by atoms with van der Waals surface area (Å²) in [4.78, 5) is 18.2. The van der Waals surface area contributed by atoms with Gasteiger partial charge in [0.05, 0.1) is 0 Å². The van der Waals surface area contributed by atoms with Crippen molar-refractivity contribution in [2.45, 2.75) is 57.0 Å². The molecule has 0 spiro atoms. The van der Waals surface area contributed by atoms with Gasteiger partial charge >= 0.3 is 0 Å². The zero-order valence-electron chi connectivity index (χ0n) is 15.7. The molecule has 0 unspecified atom stereocenters. The van der Waals surface area contributed by atoms with Crippen molar-refractivity contribution in [3.05, 3.63) is 47.0 Å². The SMILES string of the molecule is O=C(NC[C@H]1CCCN1C1CCCCC1)c1ccc(-n2cc[nH]c2=S)cc1. The number of hydrogen-bond donors (Lipinski definition) is 2. The fraction of sp³-hybridized carbons (Fsp3) is 0.524. The highest BCUT2D eigenvalue weighted by Gasteiger charge is 2.31. The van der Waals surface area contributed by atoms with Crippen LogP contribution in [0.3, 0.4) is 0 Å². The highest BCUT2D eigenvalue weighted by Crippen LogP contribution is 2.28. The number of rotatable bonds is 5. The summed E-state index contributed by atoms with van der Waals surface area (Å²) in [6.07, 6.45) is 12.9. The van der Waals surface area contributed by atoms with Crippen LogP contribution in [0.15, 0.2) is 36.7 Å². The molecule has 1 aromatic heterocycles. The first-order valence-electron chi connectivity index (χ1n) is 10.1. The Balaban J connectivity index is 1.35. The average Bonchev–Trinajstić information content (AvgIpc) is 3.36. The first-order valence-corrected chi connectivity index (χ1v) is 10.5. The first kappa shape index (κ1) is 18.4. The third-order valence-corrected chi connectivity index (χ3v) is 6.34. The first-order chi connectivity index (χ1) is 13.2. The van der Waals surface area contributed by atoms with Crippen LogP contribution in [0.2, 0.25) is 0 Å². The van der Waals surface area contributed by atoms with E-state index in [0.29, 0.717) is 16.4 Å². The number of aromatic nitrogens is 2. The van der Waals surface area contributed by atoms with Gasteiger partial charge in [-0.2, -0.15) is 0 Å². The monoisotopic (exact) mass is 384 g/mol. The molecule has 4 rings (SSSR count). The summed E-state index contributed by atoms with van der Waals surface area (Å²) in [5.41, 5.74) is 1.65. The molecule has 1 aliphatic carbocycles. The second-order valence-corrected chi connectivity index (χ2v) is 8.10. The van der Waals surface area contributed by atoms with Gasteiger partial charge in [0.25, 0.3) is 5.91 Å². The predicted molar refractivity (Wildman–Crippen MR) is 110 cm³/mol. The van der Waals surface area contributed by atoms with Gasteiger partial charge in [-0.05, 0) is 68.7 Å². The molecule has 0 radical (unpaired) electrons. The number of nitrogens with one attached hydrogen (secondary N) is 2. The standard InChI is InChI=1S/C21H28N4OS/c26-20(16-8-10-18(11-9-16)25-14-12-22-21(25)27)23-15-19-7-4-13-24(19)17-5-2-1-3-6-17/h8-12,14,17,19H,1-7,13,15H2,(H,22,27)(H,23,26)/t19-/m1/s1. The Morgan fingerprint density at radius 3 is 2.59 bits per heavy atom. The summed E-state index contributed by atoms with van der Waals surface area (Å²) in [5.74, 6) is 0.00899. The van der Waals surface area contributed by atoms with E-state index in [1.54, 1.807) is 0 Å². The highest BCUT2D eigenvalue weighted by atomic mass is 32.1. The van der Waals surface area contributed by atoms with Crippen molar-refractivity contribution in [3.63, 3.8) is 0 Å². The molecule has 5 nitrogen and oxygen atoms in total. The lowest BCUT2D eigenvalue weighted by Crippen LogP contribution is -2.45. The minimum atomic E-state index is 0.00899. The normalized spacial score (nSPS) is 21.4. The lowest BCUT2D eigenvalue weighted by molar-refractivity contribution is 0.0920. The Kier molecular flexibility index (Phi) is 5.74. The quantitative estimate of drug-likeness (QED) is 0.765. The zero-order valence-corrected chi connectivity index (χ0v) is 16.5. The molecule has 1 saturated carbocycles. The van der Waals surface area contributed by atoms with Gasteiger partial charge in [0, 0.05) is 42.3 Å². The molecule has 6 heteroatoms. The van der Waals surface area contributed by atoms with Gasteiger partial charge in [-0.1, -0.05) is 19.3 Å². The van der Waals surface area contributed by atoms with E-state index in [0.717, 1.165) is 18.3 Å². The topological polar surface area (TPSA) is 53.1 Å². The number of aromatic amines is 1. The van der Waals surface area contributed by atoms with Crippen LogP contribution in [0.4, 0.5) is 0 Å². The summed E-state index contributed by atoms with van der Waals surface area (Å²) in [7, 11) is 0. The smallest absolute Gasteiger partial charge is 0.251 e. The van der Waals surface area contributed by atoms with Gasteiger partial charge in [0.1, 0.15) is 0 Å². The lowest BCUT2D eigenvalue weighted by atomic mass is 9.94. The molecule has 1 saturated heterocycles. The van der Waals surface area contributed by atoms with Crippen molar-refractivity contribution in [1.29, 1.82) is 0 Å². The van der Waals surface area contributed by atoms with Crippen molar-refractivity contribution < 1.29 is 4.79 Å². The van der Waals surface area contributed by atoms with Crippen LogP contribution in [0, 0.1) is 4.77 Å². The predicted octanol–water partition coefficient (Wildman–Crippen LogP) is 4.06. The van der Waals surface area contributed by atoms with Gasteiger partial charge in [-0.3, -0.25) is 14.3 Å². The second kappa shape index (κ2) is 8.40. The van der Waals surface area contributed by atoms with Crippen molar-refractivity contribution >= 4 is 18.1 Å². The number of hydrogen-bond acceptors (Lipinski definition) is 3. The molecule has 2 heterocycles. The van der Waals surface area contributed by atoms with E-state index in [1.807, 2.05) is 41.2 Å². The summed E-state index contributed by atoms with van der Waals surface area (Å²) >= 11 is 5.24. The van der Waals surface area contributed by atoms with Crippen LogP contribution in [0.1, 0.15) is 55.3 Å². The van der Waals surface area contributed by atoms with E-state index in [2.05, 4.69) is 15.2 Å². The van der Waals surface area contributed by atoms with E-state index in [1.165, 1.54) is 51.5 Å². The third kappa shape index (κ3) is 4.17. The lowest BCUT2D eigenvalue weighted by Gasteiger charge is -2.35. The van der Waals surface area contributed by atoms with E-state index in [-0.39, 0.29) is 5.91 Å². The molecule has 144 valence electrons. The van der Waals surface area contributed by atoms with Crippen LogP contribution in [-0.2, 0) is 0 Å². The molecule has 2 aliphatic rings. The van der Waals surface area contributed by atoms with Crippen LogP contribution in [0.25, 0.3) is 5.69 Å². The Hall–Kier alpha value is -1.92. The van der Waals surface area contributed by atoms with Gasteiger partial charge in [0.15, 0.2) is 4.77 Å². The molecule has 27 heavy (non-hydrogen) atoms. The fourth-order valence-electron chi connectivity index (χ4n) is 4.58. The van der Waals surface area contributed by atoms with Gasteiger partial charge in [-0.15, -0.1) is 0 Å². The molecule has 1 aliphatic heterocycles. The van der Waals surface area contributed by atoms with E-state index in [4.69, 9.17) is 12.2 Å². The van der Waals surface area contributed by atoms with Gasteiger partial charge < -0.3 is 10.3 Å². The molecule has 2 aromatic rings. The fourth-order valence-corrected chi connectivity index (χ4v) is 4.81. The maximum absolute atomic E-state index is 12.6. The van der Waals surface area contributed by atoms with E-state index >= 15 is 0 Å². The second-order valence-electron chi connectivity index (χ2n) is 7.72. The van der Waals surface area contributed by atoms with Crippen LogP contribution < -0.4 is 5.32 Å². The minimum Gasteiger partial charge on any atom is -0.350 e. The molecule has 2 N–H and O–H groups in total. The maximum atomic E-state index is 12.6. The van der Waals surface area contributed by atoms with Crippen LogP contribution in [0.5, 0.6) is 0 Å². The van der Waals surface area contributed by atoms with Crippen molar-refractivity contribution in [2.75, 3.05) is 13.1 Å². The highest BCUT2D eigenvalue weighted by molar-refractivity contribution is 7.71. The van der Waals surface area contributed by atoms with Crippen molar-refractivity contribution in [1.82, 2.24) is 19.8 Å². The number of carbonyl (C=O) groups is 1. The molecule has 2 fully saturated rings. The number of amides is 1. The van der Waals surface area contributed by atoms with Crippen molar-refractivity contribution in [2.24, 2.45) is 0 Å². The average molecular weight is 385 g/mol. The van der Waals surface area contributed by atoms with E-state index < -0.39 is 0 Å². The zero-order chi connectivity index (χ0) is 18.6. The maximum Gasteiger partial charge on any atom is 0.251 e. The molecule has 0 bridgehead atoms. The summed E-state index contributed by atoms with van der Waals surface area (Å²) in [6, 6.07) is 8.83. The number of carbonyl (C=O) groups excluding carboxylic acids is 1. The minimum absolute atomic E-state index is 0.00899. The number of benzene rings is 1. The Labute approximate surface area is 165 Å². The number of H-pyrrole nitrogens is 1. The van der Waals surface area contributed by atoms with Crippen molar-refractivity contribution in [3.8, 4) is 5.69 Å². The molecule has 1 aromatic carbocycles. The van der Waals surface area contributed by atoms with E-state index in [9.17, 15) is 4.79 Å². The number of likely N-dealkylation sites (tertiary alicyclic amines) is 1. The molecule has 1 amide bonds. The molecular formula is C21H28N4OS. The van der Waals surface area contributed by atoms with Crippen LogP contribution >= 0.6 is 12.2 Å². The largest absolute Gasteiger partial charge is 0.350 e. The number of imidazole rings is 1. The summed E-state index contributed by atoms with van der Waals surface area (Å²) in [5, 5.41) is 3.16.